The Morgan fingerprint density at radius 3 is 2.21 bits per heavy atom. The highest BCUT2D eigenvalue weighted by Crippen LogP contribution is 2.29. The molecule has 0 saturated carbocycles. The summed E-state index contributed by atoms with van der Waals surface area (Å²) in [6.45, 7) is 0.477. The fourth-order valence-electron chi connectivity index (χ4n) is 2.58. The van der Waals surface area contributed by atoms with E-state index >= 15 is 0 Å². The second kappa shape index (κ2) is 9.09. The van der Waals surface area contributed by atoms with Gasteiger partial charge < -0.3 is 10.2 Å². The van der Waals surface area contributed by atoms with Crippen molar-refractivity contribution in [3.63, 3.8) is 0 Å². The van der Waals surface area contributed by atoms with Crippen LogP contribution in [0, 0.1) is 0 Å². The van der Waals surface area contributed by atoms with Gasteiger partial charge in [0.05, 0.1) is 16.2 Å². The maximum Gasteiger partial charge on any atom is 0.416 e. The minimum absolute atomic E-state index is 0.107. The molecule has 28 heavy (non-hydrogen) atoms. The molecule has 0 aliphatic heterocycles. The highest BCUT2D eigenvalue weighted by Gasteiger charge is 2.29. The van der Waals surface area contributed by atoms with Gasteiger partial charge in [0.15, 0.2) is 15.8 Å². The molecule has 152 valence electrons. The Bertz CT molecular complexity index is 896. The van der Waals surface area contributed by atoms with Crippen LogP contribution in [-0.2, 0) is 22.6 Å². The van der Waals surface area contributed by atoms with Crippen molar-refractivity contribution >= 4 is 15.8 Å². The molecule has 2 aromatic carbocycles. The van der Waals surface area contributed by atoms with E-state index in [0.29, 0.717) is 18.1 Å². The maximum absolute atomic E-state index is 12.6. The Labute approximate surface area is 162 Å². The van der Waals surface area contributed by atoms with Gasteiger partial charge in [-0.2, -0.15) is 13.2 Å². The predicted octanol–water partition coefficient (Wildman–Crippen LogP) is 3.19. The molecule has 1 N–H and O–H groups in total. The number of benzene rings is 2. The fourth-order valence-corrected chi connectivity index (χ4v) is 3.75. The molecule has 0 bridgehead atoms. The summed E-state index contributed by atoms with van der Waals surface area (Å²) in [5, 5.41) is 2.97. The SMILES string of the molecule is CN=C(NCCS(=O)(=O)c1ccccc1)N(C)Cc1ccc(C(F)(F)F)cc1. The number of aliphatic imine (C=N–C) groups is 1. The molecule has 5 nitrogen and oxygen atoms in total. The normalized spacial score (nSPS) is 12.7. The number of hydrogen-bond acceptors (Lipinski definition) is 3. The molecule has 0 saturated heterocycles. The van der Waals surface area contributed by atoms with Gasteiger partial charge in [0.25, 0.3) is 0 Å². The summed E-state index contributed by atoms with van der Waals surface area (Å²) in [5.41, 5.74) is -0.0251. The van der Waals surface area contributed by atoms with Crippen LogP contribution in [0.1, 0.15) is 11.1 Å². The van der Waals surface area contributed by atoms with Crippen molar-refractivity contribution in [2.24, 2.45) is 4.99 Å². The summed E-state index contributed by atoms with van der Waals surface area (Å²) in [6.07, 6.45) is -4.37. The first-order chi connectivity index (χ1) is 13.1. The Hall–Kier alpha value is -2.55. The van der Waals surface area contributed by atoms with Crippen molar-refractivity contribution in [1.82, 2.24) is 10.2 Å². The molecule has 0 aliphatic carbocycles. The average molecular weight is 413 g/mol. The first-order valence-electron chi connectivity index (χ1n) is 8.49. The lowest BCUT2D eigenvalue weighted by Crippen LogP contribution is -2.40. The molecule has 0 aliphatic rings. The van der Waals surface area contributed by atoms with E-state index in [4.69, 9.17) is 0 Å². The molecule has 0 unspecified atom stereocenters. The number of sulfone groups is 1. The van der Waals surface area contributed by atoms with Crippen molar-refractivity contribution in [2.75, 3.05) is 26.4 Å². The van der Waals surface area contributed by atoms with Gasteiger partial charge in [-0.05, 0) is 29.8 Å². The molecule has 9 heteroatoms. The number of rotatable bonds is 6. The van der Waals surface area contributed by atoms with Crippen LogP contribution in [0.4, 0.5) is 13.2 Å². The van der Waals surface area contributed by atoms with Gasteiger partial charge in [-0.15, -0.1) is 0 Å². The number of guanidine groups is 1. The third-order valence-electron chi connectivity index (χ3n) is 4.03. The van der Waals surface area contributed by atoms with Crippen molar-refractivity contribution in [2.45, 2.75) is 17.6 Å². The van der Waals surface area contributed by atoms with Gasteiger partial charge in [0, 0.05) is 27.2 Å². The van der Waals surface area contributed by atoms with Crippen LogP contribution in [0.25, 0.3) is 0 Å². The van der Waals surface area contributed by atoms with Gasteiger partial charge in [0.2, 0.25) is 0 Å². The zero-order valence-corrected chi connectivity index (χ0v) is 16.4. The first-order valence-corrected chi connectivity index (χ1v) is 10.1. The van der Waals surface area contributed by atoms with E-state index in [9.17, 15) is 21.6 Å². The quantitative estimate of drug-likeness (QED) is 0.584. The summed E-state index contributed by atoms with van der Waals surface area (Å²) in [4.78, 5) is 6.05. The van der Waals surface area contributed by atoms with Crippen LogP contribution < -0.4 is 5.32 Å². The minimum Gasteiger partial charge on any atom is -0.355 e. The lowest BCUT2D eigenvalue weighted by molar-refractivity contribution is -0.137. The Morgan fingerprint density at radius 2 is 1.68 bits per heavy atom. The second-order valence-corrected chi connectivity index (χ2v) is 8.27. The molecule has 0 atom stereocenters. The monoisotopic (exact) mass is 413 g/mol. The standard InChI is InChI=1S/C19H22F3N3O2S/c1-23-18(24-12-13-28(26,27)17-6-4-3-5-7-17)25(2)14-15-8-10-16(11-9-15)19(20,21)22/h3-11H,12-14H2,1-2H3,(H,23,24). The van der Waals surface area contributed by atoms with E-state index in [-0.39, 0.29) is 17.2 Å². The van der Waals surface area contributed by atoms with Gasteiger partial charge in [-0.25, -0.2) is 8.42 Å². The van der Waals surface area contributed by atoms with Crippen LogP contribution in [0.15, 0.2) is 64.5 Å². The molecule has 0 radical (unpaired) electrons. The van der Waals surface area contributed by atoms with Gasteiger partial charge in [-0.1, -0.05) is 30.3 Å². The van der Waals surface area contributed by atoms with Crippen LogP contribution >= 0.6 is 0 Å². The van der Waals surface area contributed by atoms with E-state index in [1.54, 1.807) is 49.3 Å². The summed E-state index contributed by atoms with van der Waals surface area (Å²) in [7, 11) is -0.136. The van der Waals surface area contributed by atoms with Crippen molar-refractivity contribution in [3.8, 4) is 0 Å². The van der Waals surface area contributed by atoms with Gasteiger partial charge >= 0.3 is 6.18 Å². The number of nitrogens with zero attached hydrogens (tertiary/aromatic N) is 2. The number of nitrogens with one attached hydrogen (secondary N) is 1. The van der Waals surface area contributed by atoms with Crippen molar-refractivity contribution < 1.29 is 21.6 Å². The molecule has 2 rings (SSSR count). The lowest BCUT2D eigenvalue weighted by Gasteiger charge is -2.22. The predicted molar refractivity (Wildman–Crippen MR) is 103 cm³/mol. The minimum atomic E-state index is -4.37. The highest BCUT2D eigenvalue weighted by atomic mass is 32.2. The molecular weight excluding hydrogens is 391 g/mol. The van der Waals surface area contributed by atoms with Gasteiger partial charge in [-0.3, -0.25) is 4.99 Å². The third kappa shape index (κ3) is 5.98. The summed E-state index contributed by atoms with van der Waals surface area (Å²) < 4.78 is 62.5. The van der Waals surface area contributed by atoms with E-state index in [0.717, 1.165) is 12.1 Å². The molecule has 2 aromatic rings. The second-order valence-electron chi connectivity index (χ2n) is 6.16. The zero-order chi connectivity index (χ0) is 20.8. The van der Waals surface area contributed by atoms with E-state index < -0.39 is 21.6 Å². The largest absolute Gasteiger partial charge is 0.416 e. The molecule has 0 spiro atoms. The third-order valence-corrected chi connectivity index (χ3v) is 5.76. The Morgan fingerprint density at radius 1 is 1.07 bits per heavy atom. The zero-order valence-electron chi connectivity index (χ0n) is 15.6. The molecular formula is C19H22F3N3O2S. The Balaban J connectivity index is 1.92. The molecule has 0 aromatic heterocycles. The number of alkyl halides is 3. The van der Waals surface area contributed by atoms with Crippen LogP contribution in [0.5, 0.6) is 0 Å². The molecule has 0 heterocycles. The highest BCUT2D eigenvalue weighted by molar-refractivity contribution is 7.91. The summed E-state index contributed by atoms with van der Waals surface area (Å²) in [5.74, 6) is 0.340. The van der Waals surface area contributed by atoms with Crippen LogP contribution in [-0.4, -0.2) is 45.7 Å². The first kappa shape index (κ1) is 21.7. The number of hydrogen-bond donors (Lipinski definition) is 1. The van der Waals surface area contributed by atoms with Gasteiger partial charge in [0.1, 0.15) is 0 Å². The fraction of sp³-hybridized carbons (Fsp3) is 0.316. The summed E-state index contributed by atoms with van der Waals surface area (Å²) >= 11 is 0. The topological polar surface area (TPSA) is 61.8 Å². The van der Waals surface area contributed by atoms with E-state index in [1.165, 1.54) is 12.1 Å². The van der Waals surface area contributed by atoms with E-state index in [2.05, 4.69) is 10.3 Å². The van der Waals surface area contributed by atoms with Crippen molar-refractivity contribution in [3.05, 3.63) is 65.7 Å². The van der Waals surface area contributed by atoms with Crippen LogP contribution in [0.3, 0.4) is 0 Å². The number of halogens is 3. The smallest absolute Gasteiger partial charge is 0.355 e. The lowest BCUT2D eigenvalue weighted by atomic mass is 10.1. The molecule has 0 fully saturated rings. The van der Waals surface area contributed by atoms with Crippen molar-refractivity contribution in [1.29, 1.82) is 0 Å². The maximum atomic E-state index is 12.6. The summed E-state index contributed by atoms with van der Waals surface area (Å²) in [6, 6.07) is 13.0. The Kier molecular flexibility index (Phi) is 7.06. The van der Waals surface area contributed by atoms with E-state index in [1.807, 2.05) is 0 Å². The molecule has 0 amide bonds. The van der Waals surface area contributed by atoms with Crippen LogP contribution in [0.2, 0.25) is 0 Å². The average Bonchev–Trinajstić information content (AvgIpc) is 2.65.